The summed E-state index contributed by atoms with van der Waals surface area (Å²) in [5.74, 6) is 0.588. The minimum atomic E-state index is -0.467. The van der Waals surface area contributed by atoms with Crippen LogP contribution in [0.5, 0.6) is 5.88 Å². The number of nitrogens with one attached hydrogen (secondary N) is 1. The van der Waals surface area contributed by atoms with Crippen molar-refractivity contribution in [1.29, 1.82) is 5.26 Å². The fourth-order valence-corrected chi connectivity index (χ4v) is 1.77. The molecule has 0 aliphatic carbocycles. The first-order valence-corrected chi connectivity index (χ1v) is 5.47. The number of hydrogen-bond acceptors (Lipinski definition) is 5. The molecule has 0 bridgehead atoms. The molecule has 0 aromatic carbocycles. The second-order valence-electron chi connectivity index (χ2n) is 3.73. The van der Waals surface area contributed by atoms with Crippen molar-refractivity contribution in [2.45, 2.75) is 19.4 Å². The molecule has 1 aromatic heterocycles. The third-order valence-corrected chi connectivity index (χ3v) is 2.51. The van der Waals surface area contributed by atoms with Gasteiger partial charge >= 0.3 is 0 Å². The average Bonchev–Trinajstić information content (AvgIpc) is 2.59. The van der Waals surface area contributed by atoms with Gasteiger partial charge in [0.15, 0.2) is 0 Å². The van der Waals surface area contributed by atoms with E-state index in [0.29, 0.717) is 18.8 Å². The normalized spacial score (nSPS) is 12.2. The molecule has 1 atom stereocenters. The summed E-state index contributed by atoms with van der Waals surface area (Å²) in [5, 5.41) is 25.2. The largest absolute Gasteiger partial charge is 0.481 e. The zero-order valence-electron chi connectivity index (χ0n) is 10.4. The maximum atomic E-state index is 9.16. The van der Waals surface area contributed by atoms with Crippen molar-refractivity contribution in [2.24, 2.45) is 7.05 Å². The van der Waals surface area contributed by atoms with E-state index in [1.54, 1.807) is 18.8 Å². The summed E-state index contributed by atoms with van der Waals surface area (Å²) in [6.45, 7) is 2.52. The van der Waals surface area contributed by atoms with E-state index in [4.69, 9.17) is 15.1 Å². The van der Waals surface area contributed by atoms with E-state index < -0.39 is 6.04 Å². The molecule has 0 fully saturated rings. The molecule has 6 heteroatoms. The van der Waals surface area contributed by atoms with E-state index in [1.165, 1.54) is 0 Å². The number of aliphatic hydroxyl groups excluding tert-OH is 1. The van der Waals surface area contributed by atoms with Gasteiger partial charge in [-0.2, -0.15) is 10.4 Å². The lowest BCUT2D eigenvalue weighted by molar-refractivity contribution is 0.284. The van der Waals surface area contributed by atoms with Gasteiger partial charge in [0.1, 0.15) is 6.04 Å². The highest BCUT2D eigenvalue weighted by Gasteiger charge is 2.22. The first-order chi connectivity index (χ1) is 8.15. The van der Waals surface area contributed by atoms with E-state index in [1.807, 2.05) is 6.92 Å². The highest BCUT2D eigenvalue weighted by Crippen LogP contribution is 2.27. The van der Waals surface area contributed by atoms with Crippen molar-refractivity contribution in [3.8, 4) is 11.9 Å². The van der Waals surface area contributed by atoms with E-state index >= 15 is 0 Å². The quantitative estimate of drug-likeness (QED) is 0.695. The lowest BCUT2D eigenvalue weighted by atomic mass is 10.1. The van der Waals surface area contributed by atoms with Gasteiger partial charge in [-0.25, -0.2) is 4.68 Å². The van der Waals surface area contributed by atoms with Gasteiger partial charge in [-0.1, -0.05) is 0 Å². The summed E-state index contributed by atoms with van der Waals surface area (Å²) in [6.07, 6.45) is 0.611. The van der Waals surface area contributed by atoms with Crippen LogP contribution in [0.15, 0.2) is 0 Å². The Labute approximate surface area is 101 Å². The van der Waals surface area contributed by atoms with Crippen molar-refractivity contribution >= 4 is 0 Å². The first kappa shape index (κ1) is 13.5. The Morgan fingerprint density at radius 3 is 2.88 bits per heavy atom. The second kappa shape index (κ2) is 6.23. The average molecular weight is 238 g/mol. The van der Waals surface area contributed by atoms with Crippen LogP contribution in [0.3, 0.4) is 0 Å². The van der Waals surface area contributed by atoms with Crippen molar-refractivity contribution in [1.82, 2.24) is 15.1 Å². The Hall–Kier alpha value is -1.58. The highest BCUT2D eigenvalue weighted by molar-refractivity contribution is 5.37. The molecule has 0 aliphatic heterocycles. The van der Waals surface area contributed by atoms with E-state index in [2.05, 4.69) is 16.5 Å². The van der Waals surface area contributed by atoms with E-state index in [-0.39, 0.29) is 6.61 Å². The summed E-state index contributed by atoms with van der Waals surface area (Å²) in [4.78, 5) is 0. The topological polar surface area (TPSA) is 83.1 Å². The number of nitrogens with zero attached hydrogens (tertiary/aromatic N) is 3. The zero-order chi connectivity index (χ0) is 12.8. The Bertz CT molecular complexity index is 408. The van der Waals surface area contributed by atoms with Gasteiger partial charge in [0.25, 0.3) is 0 Å². The van der Waals surface area contributed by atoms with Crippen LogP contribution in [0.2, 0.25) is 0 Å². The number of methoxy groups -OCH3 is 1. The summed E-state index contributed by atoms with van der Waals surface area (Å²) in [6, 6.07) is 1.71. The number of nitriles is 1. The van der Waals surface area contributed by atoms with Crippen molar-refractivity contribution in [3.63, 3.8) is 0 Å². The van der Waals surface area contributed by atoms with Crippen molar-refractivity contribution < 1.29 is 9.84 Å². The predicted molar refractivity (Wildman–Crippen MR) is 62.6 cm³/mol. The Kier molecular flexibility index (Phi) is 4.94. The molecule has 17 heavy (non-hydrogen) atoms. The van der Waals surface area contributed by atoms with Crippen LogP contribution in [0.25, 0.3) is 0 Å². The minimum absolute atomic E-state index is 0.105. The monoisotopic (exact) mass is 238 g/mol. The maximum Gasteiger partial charge on any atom is 0.217 e. The number of ether oxygens (including phenoxy) is 1. The fraction of sp³-hybridized carbons (Fsp3) is 0.636. The fourth-order valence-electron chi connectivity index (χ4n) is 1.77. The lowest BCUT2D eigenvalue weighted by Crippen LogP contribution is -2.22. The maximum absolute atomic E-state index is 9.16. The van der Waals surface area contributed by atoms with E-state index in [9.17, 15) is 0 Å². The van der Waals surface area contributed by atoms with Crippen LogP contribution in [0.1, 0.15) is 23.7 Å². The molecule has 1 unspecified atom stereocenters. The van der Waals surface area contributed by atoms with Crippen LogP contribution in [0, 0.1) is 18.3 Å². The van der Waals surface area contributed by atoms with Gasteiger partial charge in [-0.15, -0.1) is 0 Å². The molecule has 0 spiro atoms. The molecule has 6 nitrogen and oxygen atoms in total. The van der Waals surface area contributed by atoms with Gasteiger partial charge in [0, 0.05) is 13.7 Å². The lowest BCUT2D eigenvalue weighted by Gasteiger charge is -2.12. The SMILES string of the molecule is COc1c(C(C#N)NCCCO)c(C)nn1C. The third-order valence-electron chi connectivity index (χ3n) is 2.51. The Morgan fingerprint density at radius 2 is 2.35 bits per heavy atom. The molecule has 0 aliphatic rings. The zero-order valence-corrected chi connectivity index (χ0v) is 10.4. The second-order valence-corrected chi connectivity index (χ2v) is 3.73. The molecular formula is C11H18N4O2. The summed E-state index contributed by atoms with van der Waals surface area (Å²) < 4.78 is 6.86. The molecule has 2 N–H and O–H groups in total. The van der Waals surface area contributed by atoms with Crippen LogP contribution in [0.4, 0.5) is 0 Å². The van der Waals surface area contributed by atoms with Gasteiger partial charge in [-0.05, 0) is 19.9 Å². The molecule has 1 aromatic rings. The highest BCUT2D eigenvalue weighted by atomic mass is 16.5. The molecular weight excluding hydrogens is 220 g/mol. The molecule has 1 rings (SSSR count). The third kappa shape index (κ3) is 2.96. The summed E-state index contributed by atoms with van der Waals surface area (Å²) in [7, 11) is 3.33. The van der Waals surface area contributed by atoms with Crippen LogP contribution < -0.4 is 10.1 Å². The molecule has 0 radical (unpaired) electrons. The van der Waals surface area contributed by atoms with Crippen molar-refractivity contribution in [2.75, 3.05) is 20.3 Å². The first-order valence-electron chi connectivity index (χ1n) is 5.47. The summed E-state index contributed by atoms with van der Waals surface area (Å²) in [5.41, 5.74) is 1.53. The molecule has 0 saturated heterocycles. The number of aromatic nitrogens is 2. The molecule has 1 heterocycles. The number of hydrogen-bond donors (Lipinski definition) is 2. The smallest absolute Gasteiger partial charge is 0.217 e. The Balaban J connectivity index is 2.92. The molecule has 94 valence electrons. The van der Waals surface area contributed by atoms with Gasteiger partial charge in [0.2, 0.25) is 5.88 Å². The van der Waals surface area contributed by atoms with Crippen LogP contribution in [-0.4, -0.2) is 35.1 Å². The van der Waals surface area contributed by atoms with Crippen molar-refractivity contribution in [3.05, 3.63) is 11.3 Å². The van der Waals surface area contributed by atoms with E-state index in [0.717, 1.165) is 11.3 Å². The Morgan fingerprint density at radius 1 is 1.65 bits per heavy atom. The minimum Gasteiger partial charge on any atom is -0.481 e. The summed E-state index contributed by atoms with van der Waals surface area (Å²) >= 11 is 0. The van der Waals surface area contributed by atoms with Gasteiger partial charge in [-0.3, -0.25) is 5.32 Å². The number of aryl methyl sites for hydroxylation is 2. The molecule has 0 amide bonds. The van der Waals surface area contributed by atoms with Gasteiger partial charge in [0.05, 0.1) is 24.4 Å². The standard InChI is InChI=1S/C11H18N4O2/c1-8-10(11(17-3)15(2)14-8)9(7-12)13-5-4-6-16/h9,13,16H,4-6H2,1-3H3. The number of rotatable bonds is 6. The predicted octanol–water partition coefficient (Wildman–Crippen LogP) is 0.274. The van der Waals surface area contributed by atoms with Crippen LogP contribution in [-0.2, 0) is 7.05 Å². The van der Waals surface area contributed by atoms with Crippen LogP contribution >= 0.6 is 0 Å². The van der Waals surface area contributed by atoms with Gasteiger partial charge < -0.3 is 9.84 Å². The molecule has 0 saturated carbocycles. The number of aliphatic hydroxyl groups is 1.